The Balaban J connectivity index is 2.05. The molecule has 110 valence electrons. The first-order valence-corrected chi connectivity index (χ1v) is 7.95. The van der Waals surface area contributed by atoms with Crippen molar-refractivity contribution in [2.45, 2.75) is 6.04 Å². The van der Waals surface area contributed by atoms with E-state index >= 15 is 0 Å². The van der Waals surface area contributed by atoms with Gasteiger partial charge in [-0.05, 0) is 39.7 Å². The molecule has 2 aromatic carbocycles. The zero-order valence-electron chi connectivity index (χ0n) is 10.9. The van der Waals surface area contributed by atoms with Crippen molar-refractivity contribution in [3.05, 3.63) is 56.2 Å². The van der Waals surface area contributed by atoms with Gasteiger partial charge >= 0.3 is 0 Å². The molecule has 0 saturated heterocycles. The highest BCUT2D eigenvalue weighted by atomic mass is 79.9. The third-order valence-corrected chi connectivity index (χ3v) is 4.61. The lowest BCUT2D eigenvalue weighted by molar-refractivity contribution is 0.171. The van der Waals surface area contributed by atoms with Crippen LogP contribution in [-0.2, 0) is 0 Å². The number of nitrogens with two attached hydrogens (primary N) is 1. The third kappa shape index (κ3) is 2.80. The molecule has 1 atom stereocenters. The summed E-state index contributed by atoms with van der Waals surface area (Å²) in [6.45, 7) is 1.01. The number of benzene rings is 2. The maximum Gasteiger partial charge on any atom is 0.162 e. The first-order chi connectivity index (χ1) is 10.1. The van der Waals surface area contributed by atoms with Crippen molar-refractivity contribution in [1.29, 1.82) is 0 Å². The molecule has 0 aromatic heterocycles. The van der Waals surface area contributed by atoms with Gasteiger partial charge in [-0.15, -0.1) is 0 Å². The Bertz CT molecular complexity index is 694. The Hall–Kier alpha value is -1.11. The van der Waals surface area contributed by atoms with Gasteiger partial charge in [0.1, 0.15) is 19.0 Å². The lowest BCUT2D eigenvalue weighted by Gasteiger charge is -2.22. The molecule has 0 spiro atoms. The molecular formula is C15H12Br2FNO2. The molecule has 1 unspecified atom stereocenters. The Kier molecular flexibility index (Phi) is 4.19. The second-order valence-electron chi connectivity index (χ2n) is 4.64. The van der Waals surface area contributed by atoms with E-state index in [2.05, 4.69) is 31.9 Å². The van der Waals surface area contributed by atoms with Gasteiger partial charge in [-0.2, -0.15) is 0 Å². The lowest BCUT2D eigenvalue weighted by atomic mass is 9.98. The van der Waals surface area contributed by atoms with Gasteiger partial charge < -0.3 is 15.2 Å². The van der Waals surface area contributed by atoms with Gasteiger partial charge in [-0.3, -0.25) is 0 Å². The van der Waals surface area contributed by atoms with Crippen LogP contribution in [0.5, 0.6) is 11.5 Å². The molecule has 0 radical (unpaired) electrons. The summed E-state index contributed by atoms with van der Waals surface area (Å²) in [5.41, 5.74) is 7.40. The standard InChI is InChI=1S/C15H12Br2FNO2/c16-10-3-1-2-8(14(10)18)15(19)9-6-12-13(7-11(9)17)21-5-4-20-12/h1-3,6-7,15H,4-5,19H2. The number of hydrogen-bond donors (Lipinski definition) is 1. The molecule has 0 amide bonds. The van der Waals surface area contributed by atoms with E-state index in [1.165, 1.54) is 0 Å². The maximum atomic E-state index is 14.2. The first-order valence-electron chi connectivity index (χ1n) is 6.36. The van der Waals surface area contributed by atoms with Gasteiger partial charge in [0.25, 0.3) is 0 Å². The van der Waals surface area contributed by atoms with Crippen LogP contribution in [0.25, 0.3) is 0 Å². The van der Waals surface area contributed by atoms with Crippen molar-refractivity contribution in [3.8, 4) is 11.5 Å². The van der Waals surface area contributed by atoms with Crippen molar-refractivity contribution in [3.63, 3.8) is 0 Å². The largest absolute Gasteiger partial charge is 0.486 e. The average molecular weight is 417 g/mol. The van der Waals surface area contributed by atoms with Gasteiger partial charge in [0.05, 0.1) is 10.5 Å². The zero-order valence-corrected chi connectivity index (χ0v) is 14.1. The quantitative estimate of drug-likeness (QED) is 0.798. The van der Waals surface area contributed by atoms with Crippen molar-refractivity contribution in [2.75, 3.05) is 13.2 Å². The van der Waals surface area contributed by atoms with E-state index in [0.717, 1.165) is 10.0 Å². The van der Waals surface area contributed by atoms with Gasteiger partial charge in [0, 0.05) is 10.0 Å². The van der Waals surface area contributed by atoms with E-state index in [1.54, 1.807) is 30.3 Å². The molecule has 1 aliphatic rings. The van der Waals surface area contributed by atoms with E-state index in [4.69, 9.17) is 15.2 Å². The molecule has 6 heteroatoms. The number of fused-ring (bicyclic) bond motifs is 1. The molecule has 21 heavy (non-hydrogen) atoms. The number of ether oxygens (including phenoxy) is 2. The highest BCUT2D eigenvalue weighted by molar-refractivity contribution is 9.10. The minimum absolute atomic E-state index is 0.355. The van der Waals surface area contributed by atoms with E-state index in [0.29, 0.717) is 34.7 Å². The summed E-state index contributed by atoms with van der Waals surface area (Å²) in [6.07, 6.45) is 0. The molecule has 2 N–H and O–H groups in total. The molecular weight excluding hydrogens is 405 g/mol. The van der Waals surface area contributed by atoms with Crippen LogP contribution in [0, 0.1) is 5.82 Å². The number of halogens is 3. The third-order valence-electron chi connectivity index (χ3n) is 3.31. The first kappa shape index (κ1) is 14.8. The molecule has 2 aromatic rings. The van der Waals surface area contributed by atoms with Crippen LogP contribution < -0.4 is 15.2 Å². The van der Waals surface area contributed by atoms with Crippen LogP contribution in [0.1, 0.15) is 17.2 Å². The monoisotopic (exact) mass is 415 g/mol. The van der Waals surface area contributed by atoms with E-state index in [1.807, 2.05) is 0 Å². The summed E-state index contributed by atoms with van der Waals surface area (Å²) in [5, 5.41) is 0. The van der Waals surface area contributed by atoms with Crippen molar-refractivity contribution in [2.24, 2.45) is 5.73 Å². The Morgan fingerprint density at radius 3 is 2.38 bits per heavy atom. The predicted octanol–water partition coefficient (Wildman–Crippen LogP) is 4.17. The highest BCUT2D eigenvalue weighted by Crippen LogP contribution is 2.39. The molecule has 3 rings (SSSR count). The van der Waals surface area contributed by atoms with Crippen LogP contribution in [-0.4, -0.2) is 13.2 Å². The highest BCUT2D eigenvalue weighted by Gasteiger charge is 2.21. The molecule has 3 nitrogen and oxygen atoms in total. The summed E-state index contributed by atoms with van der Waals surface area (Å²) >= 11 is 6.65. The Labute approximate surface area is 138 Å². The fourth-order valence-corrected chi connectivity index (χ4v) is 3.20. The summed E-state index contributed by atoms with van der Waals surface area (Å²) < 4.78 is 26.4. The number of rotatable bonds is 2. The van der Waals surface area contributed by atoms with Crippen LogP contribution in [0.4, 0.5) is 4.39 Å². The molecule has 0 bridgehead atoms. The van der Waals surface area contributed by atoms with Crippen LogP contribution in [0.2, 0.25) is 0 Å². The van der Waals surface area contributed by atoms with E-state index in [9.17, 15) is 4.39 Å². The summed E-state index contributed by atoms with van der Waals surface area (Å²) in [5.74, 6) is 0.941. The Morgan fingerprint density at radius 2 is 1.67 bits per heavy atom. The summed E-state index contributed by atoms with van der Waals surface area (Å²) in [6, 6.07) is 8.07. The van der Waals surface area contributed by atoms with Crippen molar-refractivity contribution < 1.29 is 13.9 Å². The maximum absolute atomic E-state index is 14.2. The van der Waals surface area contributed by atoms with E-state index < -0.39 is 6.04 Å². The van der Waals surface area contributed by atoms with E-state index in [-0.39, 0.29) is 5.82 Å². The zero-order chi connectivity index (χ0) is 15.0. The SMILES string of the molecule is NC(c1cc2c(cc1Br)OCCO2)c1cccc(Br)c1F. The second-order valence-corrected chi connectivity index (χ2v) is 6.35. The van der Waals surface area contributed by atoms with Crippen LogP contribution in [0.15, 0.2) is 39.3 Å². The molecule has 1 heterocycles. The predicted molar refractivity (Wildman–Crippen MR) is 85.3 cm³/mol. The molecule has 0 fully saturated rings. The summed E-state index contributed by atoms with van der Waals surface area (Å²) in [4.78, 5) is 0. The number of hydrogen-bond acceptors (Lipinski definition) is 3. The van der Waals surface area contributed by atoms with Crippen molar-refractivity contribution in [1.82, 2.24) is 0 Å². The van der Waals surface area contributed by atoms with Crippen molar-refractivity contribution >= 4 is 31.9 Å². The summed E-state index contributed by atoms with van der Waals surface area (Å²) in [7, 11) is 0. The van der Waals surface area contributed by atoms with Gasteiger partial charge in [-0.1, -0.05) is 28.1 Å². The fourth-order valence-electron chi connectivity index (χ4n) is 2.25. The molecule has 0 aliphatic carbocycles. The van der Waals surface area contributed by atoms with Gasteiger partial charge in [0.15, 0.2) is 11.5 Å². The minimum Gasteiger partial charge on any atom is -0.486 e. The normalized spacial score (nSPS) is 14.9. The lowest BCUT2D eigenvalue weighted by Crippen LogP contribution is -2.18. The minimum atomic E-state index is -0.604. The molecule has 1 aliphatic heterocycles. The Morgan fingerprint density at radius 1 is 1.00 bits per heavy atom. The van der Waals surface area contributed by atoms with Gasteiger partial charge in [-0.25, -0.2) is 4.39 Å². The topological polar surface area (TPSA) is 44.5 Å². The average Bonchev–Trinajstić information content (AvgIpc) is 2.48. The van der Waals surface area contributed by atoms with Crippen LogP contribution in [0.3, 0.4) is 0 Å². The molecule has 0 saturated carbocycles. The van der Waals surface area contributed by atoms with Crippen LogP contribution >= 0.6 is 31.9 Å². The second kappa shape index (κ2) is 5.94. The van der Waals surface area contributed by atoms with Gasteiger partial charge in [0.2, 0.25) is 0 Å². The fraction of sp³-hybridized carbons (Fsp3) is 0.200. The smallest absolute Gasteiger partial charge is 0.162 e.